The highest BCUT2D eigenvalue weighted by molar-refractivity contribution is 7.14. The van der Waals surface area contributed by atoms with Crippen molar-refractivity contribution in [2.45, 2.75) is 20.4 Å². The van der Waals surface area contributed by atoms with Crippen LogP contribution in [-0.4, -0.2) is 20.9 Å². The maximum Gasteiger partial charge on any atom is 0.271 e. The van der Waals surface area contributed by atoms with E-state index in [2.05, 4.69) is 25.6 Å². The molecular formula is C17H16FN5OS. The molecule has 2 aromatic heterocycles. The van der Waals surface area contributed by atoms with Gasteiger partial charge in [-0.05, 0) is 26.0 Å². The Balaban J connectivity index is 1.64. The van der Waals surface area contributed by atoms with E-state index in [0.717, 1.165) is 11.4 Å². The second kappa shape index (κ2) is 7.35. The van der Waals surface area contributed by atoms with E-state index in [0.29, 0.717) is 16.6 Å². The highest BCUT2D eigenvalue weighted by atomic mass is 32.1. The number of aromatic nitrogens is 3. The van der Waals surface area contributed by atoms with Gasteiger partial charge in [0.15, 0.2) is 5.13 Å². The van der Waals surface area contributed by atoms with Gasteiger partial charge in [0, 0.05) is 28.9 Å². The van der Waals surface area contributed by atoms with Gasteiger partial charge in [0.1, 0.15) is 11.5 Å². The van der Waals surface area contributed by atoms with Crippen LogP contribution in [0.15, 0.2) is 35.7 Å². The van der Waals surface area contributed by atoms with Gasteiger partial charge >= 0.3 is 0 Å². The predicted octanol–water partition coefficient (Wildman–Crippen LogP) is 3.36. The molecule has 0 spiro atoms. The second-order valence-electron chi connectivity index (χ2n) is 5.41. The largest absolute Gasteiger partial charge is 0.346 e. The van der Waals surface area contributed by atoms with Crippen molar-refractivity contribution in [1.82, 2.24) is 20.3 Å². The van der Waals surface area contributed by atoms with Crippen LogP contribution < -0.4 is 10.6 Å². The summed E-state index contributed by atoms with van der Waals surface area (Å²) in [5.74, 6) is -0.283. The number of carbonyl (C=O) groups excluding carboxylic acids is 1. The molecule has 8 heteroatoms. The first-order valence-electron chi connectivity index (χ1n) is 7.58. The molecule has 3 rings (SSSR count). The Bertz CT molecular complexity index is 891. The zero-order valence-electron chi connectivity index (χ0n) is 13.7. The number of anilines is 2. The van der Waals surface area contributed by atoms with Crippen LogP contribution in [0.25, 0.3) is 0 Å². The van der Waals surface area contributed by atoms with Gasteiger partial charge in [-0.25, -0.2) is 19.3 Å². The number of hydrogen-bond donors (Lipinski definition) is 2. The third-order valence-electron chi connectivity index (χ3n) is 3.34. The number of carbonyl (C=O) groups is 1. The molecule has 1 amide bonds. The summed E-state index contributed by atoms with van der Waals surface area (Å²) >= 11 is 1.27. The Morgan fingerprint density at radius 1 is 1.16 bits per heavy atom. The molecular weight excluding hydrogens is 341 g/mol. The first-order chi connectivity index (χ1) is 12.0. The molecule has 6 nitrogen and oxygen atoms in total. The average Bonchev–Trinajstić information content (AvgIpc) is 3.01. The highest BCUT2D eigenvalue weighted by Crippen LogP contribution is 2.19. The summed E-state index contributed by atoms with van der Waals surface area (Å²) in [6.45, 7) is 3.86. The molecule has 0 saturated carbocycles. The number of hydrogen-bond acceptors (Lipinski definition) is 6. The summed E-state index contributed by atoms with van der Waals surface area (Å²) in [7, 11) is 0. The van der Waals surface area contributed by atoms with E-state index in [1.165, 1.54) is 17.4 Å². The molecule has 1 aromatic carbocycles. The molecule has 3 aromatic rings. The standard InChI is InChI=1S/C17H16FN5OS/c1-10-7-11(2)21-16(20-10)23-17-22-14(9-25-17)15(24)19-8-12-5-3-4-6-13(12)18/h3-7,9H,8H2,1-2H3,(H,19,24)(H,20,21,22,23). The lowest BCUT2D eigenvalue weighted by molar-refractivity contribution is 0.0946. The molecule has 2 heterocycles. The minimum Gasteiger partial charge on any atom is -0.346 e. The van der Waals surface area contributed by atoms with Crippen LogP contribution in [0.3, 0.4) is 0 Å². The van der Waals surface area contributed by atoms with E-state index in [4.69, 9.17) is 0 Å². The molecule has 2 N–H and O–H groups in total. The van der Waals surface area contributed by atoms with Gasteiger partial charge in [-0.15, -0.1) is 11.3 Å². The topological polar surface area (TPSA) is 79.8 Å². The van der Waals surface area contributed by atoms with Crippen molar-refractivity contribution in [3.05, 3.63) is 64.2 Å². The SMILES string of the molecule is Cc1cc(C)nc(Nc2nc(C(=O)NCc3ccccc3F)cs2)n1. The fourth-order valence-corrected chi connectivity index (χ4v) is 2.91. The number of amides is 1. The molecule has 0 atom stereocenters. The van der Waals surface area contributed by atoms with E-state index in [-0.39, 0.29) is 24.0 Å². The fraction of sp³-hybridized carbons (Fsp3) is 0.176. The first-order valence-corrected chi connectivity index (χ1v) is 8.45. The molecule has 0 saturated heterocycles. The Morgan fingerprint density at radius 3 is 2.60 bits per heavy atom. The minimum absolute atomic E-state index is 0.103. The van der Waals surface area contributed by atoms with Gasteiger partial charge in [0.25, 0.3) is 5.91 Å². The normalized spacial score (nSPS) is 10.5. The van der Waals surface area contributed by atoms with Crippen molar-refractivity contribution in [3.8, 4) is 0 Å². The van der Waals surface area contributed by atoms with Gasteiger partial charge in [-0.1, -0.05) is 18.2 Å². The number of nitrogens with one attached hydrogen (secondary N) is 2. The van der Waals surface area contributed by atoms with E-state index in [1.54, 1.807) is 23.6 Å². The van der Waals surface area contributed by atoms with Gasteiger partial charge in [0.2, 0.25) is 5.95 Å². The summed E-state index contributed by atoms with van der Waals surface area (Å²) in [5.41, 5.74) is 2.37. The number of thiazole rings is 1. The Morgan fingerprint density at radius 2 is 1.88 bits per heavy atom. The molecule has 0 aliphatic heterocycles. The zero-order valence-corrected chi connectivity index (χ0v) is 14.5. The number of rotatable bonds is 5. The zero-order chi connectivity index (χ0) is 17.8. The number of halogens is 1. The Labute approximate surface area is 148 Å². The second-order valence-corrected chi connectivity index (χ2v) is 6.27. The fourth-order valence-electron chi connectivity index (χ4n) is 2.22. The van der Waals surface area contributed by atoms with Gasteiger partial charge in [0.05, 0.1) is 0 Å². The highest BCUT2D eigenvalue weighted by Gasteiger charge is 2.12. The molecule has 0 unspecified atom stereocenters. The van der Waals surface area contributed by atoms with Crippen molar-refractivity contribution in [2.75, 3.05) is 5.32 Å². The van der Waals surface area contributed by atoms with E-state index >= 15 is 0 Å². The Kier molecular flexibility index (Phi) is 4.99. The average molecular weight is 357 g/mol. The maximum absolute atomic E-state index is 13.6. The van der Waals surface area contributed by atoms with Crippen molar-refractivity contribution in [2.24, 2.45) is 0 Å². The van der Waals surface area contributed by atoms with Gasteiger partial charge in [-0.3, -0.25) is 4.79 Å². The lowest BCUT2D eigenvalue weighted by Crippen LogP contribution is -2.23. The van der Waals surface area contributed by atoms with Gasteiger partial charge < -0.3 is 10.6 Å². The predicted molar refractivity (Wildman–Crippen MR) is 94.5 cm³/mol. The summed E-state index contributed by atoms with van der Waals surface area (Å²) < 4.78 is 13.6. The summed E-state index contributed by atoms with van der Waals surface area (Å²) in [4.78, 5) is 24.9. The molecule has 0 aliphatic carbocycles. The molecule has 128 valence electrons. The van der Waals surface area contributed by atoms with Crippen LogP contribution >= 0.6 is 11.3 Å². The van der Waals surface area contributed by atoms with E-state index in [9.17, 15) is 9.18 Å². The van der Waals surface area contributed by atoms with Crippen LogP contribution in [-0.2, 0) is 6.54 Å². The van der Waals surface area contributed by atoms with E-state index in [1.807, 2.05) is 19.9 Å². The maximum atomic E-state index is 13.6. The van der Waals surface area contributed by atoms with Crippen LogP contribution in [0, 0.1) is 19.7 Å². The lowest BCUT2D eigenvalue weighted by Gasteiger charge is -2.05. The molecule has 25 heavy (non-hydrogen) atoms. The van der Waals surface area contributed by atoms with Gasteiger partial charge in [-0.2, -0.15) is 0 Å². The number of nitrogens with zero attached hydrogens (tertiary/aromatic N) is 3. The molecule has 0 bridgehead atoms. The summed E-state index contributed by atoms with van der Waals surface area (Å²) in [5, 5.41) is 7.79. The monoisotopic (exact) mass is 357 g/mol. The summed E-state index contributed by atoms with van der Waals surface area (Å²) in [6, 6.07) is 8.18. The van der Waals surface area contributed by atoms with Crippen LogP contribution in [0.4, 0.5) is 15.5 Å². The third-order valence-corrected chi connectivity index (χ3v) is 4.09. The van der Waals surface area contributed by atoms with Crippen molar-refractivity contribution < 1.29 is 9.18 Å². The van der Waals surface area contributed by atoms with Crippen LogP contribution in [0.5, 0.6) is 0 Å². The van der Waals surface area contributed by atoms with Crippen molar-refractivity contribution >= 4 is 28.3 Å². The van der Waals surface area contributed by atoms with Crippen molar-refractivity contribution in [3.63, 3.8) is 0 Å². The lowest BCUT2D eigenvalue weighted by atomic mass is 10.2. The molecule has 0 fully saturated rings. The Hall–Kier alpha value is -2.87. The van der Waals surface area contributed by atoms with Crippen LogP contribution in [0.1, 0.15) is 27.4 Å². The van der Waals surface area contributed by atoms with E-state index < -0.39 is 0 Å². The number of benzene rings is 1. The van der Waals surface area contributed by atoms with Crippen molar-refractivity contribution in [1.29, 1.82) is 0 Å². The third kappa shape index (κ3) is 4.36. The molecule has 0 aliphatic rings. The minimum atomic E-state index is -0.367. The quantitative estimate of drug-likeness (QED) is 0.732. The first kappa shape index (κ1) is 17.0. The van der Waals surface area contributed by atoms with Crippen LogP contribution in [0.2, 0.25) is 0 Å². The smallest absolute Gasteiger partial charge is 0.271 e. The number of aryl methyl sites for hydroxylation is 2. The molecule has 0 radical (unpaired) electrons. The summed E-state index contributed by atoms with van der Waals surface area (Å²) in [6.07, 6.45) is 0.